The molecule has 0 radical (unpaired) electrons. The third-order valence-corrected chi connectivity index (χ3v) is 6.53. The first-order chi connectivity index (χ1) is 14.0. The Morgan fingerprint density at radius 2 is 1.52 bits per heavy atom. The molecule has 1 aliphatic rings. The molecular formula is C20H18N4O4S. The molecule has 148 valence electrons. The second-order valence-corrected chi connectivity index (χ2v) is 8.20. The summed E-state index contributed by atoms with van der Waals surface area (Å²) in [6.45, 7) is 0.458. The quantitative estimate of drug-likeness (QED) is 0.735. The molecule has 0 unspecified atom stereocenters. The summed E-state index contributed by atoms with van der Waals surface area (Å²) in [5.74, 6) is 0.0462. The number of nitriles is 2. The molecule has 0 aromatic heterocycles. The number of piperazine rings is 1. The molecule has 0 aliphatic carbocycles. The van der Waals surface area contributed by atoms with Gasteiger partial charge in [0.15, 0.2) is 6.61 Å². The lowest BCUT2D eigenvalue weighted by Gasteiger charge is -2.34. The van der Waals surface area contributed by atoms with E-state index in [0.29, 0.717) is 11.3 Å². The van der Waals surface area contributed by atoms with Crippen LogP contribution < -0.4 is 4.74 Å². The number of rotatable bonds is 5. The number of ether oxygens (including phenoxy) is 1. The fourth-order valence-corrected chi connectivity index (χ4v) is 4.58. The minimum absolute atomic E-state index is 0.0290. The molecule has 2 aromatic rings. The van der Waals surface area contributed by atoms with E-state index < -0.39 is 10.0 Å². The maximum absolute atomic E-state index is 12.8. The summed E-state index contributed by atoms with van der Waals surface area (Å²) < 4.78 is 32.4. The molecule has 1 aliphatic heterocycles. The van der Waals surface area contributed by atoms with Crippen LogP contribution in [-0.4, -0.2) is 56.3 Å². The Kier molecular flexibility index (Phi) is 6.13. The van der Waals surface area contributed by atoms with E-state index in [1.54, 1.807) is 36.4 Å². The second kappa shape index (κ2) is 8.74. The van der Waals surface area contributed by atoms with Gasteiger partial charge in [-0.1, -0.05) is 24.3 Å². The fourth-order valence-electron chi connectivity index (χ4n) is 3.02. The Hall–Kier alpha value is -3.40. The highest BCUT2D eigenvalue weighted by molar-refractivity contribution is 7.89. The molecule has 1 heterocycles. The van der Waals surface area contributed by atoms with E-state index in [1.807, 2.05) is 12.1 Å². The summed E-state index contributed by atoms with van der Waals surface area (Å²) in [5, 5.41) is 18.2. The van der Waals surface area contributed by atoms with Crippen molar-refractivity contribution in [2.75, 3.05) is 32.8 Å². The predicted molar refractivity (Wildman–Crippen MR) is 103 cm³/mol. The van der Waals surface area contributed by atoms with E-state index in [2.05, 4.69) is 0 Å². The third-order valence-electron chi connectivity index (χ3n) is 4.58. The van der Waals surface area contributed by atoms with Crippen molar-refractivity contribution in [3.05, 3.63) is 59.7 Å². The molecule has 0 spiro atoms. The molecule has 1 fully saturated rings. The SMILES string of the molecule is N#Cc1ccccc1OCC(=O)N1CCN(S(=O)(=O)c2ccccc2C#N)CC1. The van der Waals surface area contributed by atoms with Gasteiger partial charge in [0.05, 0.1) is 16.0 Å². The minimum atomic E-state index is -3.81. The number of hydrogen-bond acceptors (Lipinski definition) is 6. The summed E-state index contributed by atoms with van der Waals surface area (Å²) in [5.41, 5.74) is 0.433. The van der Waals surface area contributed by atoms with Gasteiger partial charge in [-0.05, 0) is 24.3 Å². The first kappa shape index (κ1) is 20.3. The Bertz CT molecular complexity index is 1090. The van der Waals surface area contributed by atoms with Gasteiger partial charge in [-0.25, -0.2) is 8.42 Å². The van der Waals surface area contributed by atoms with Crippen LogP contribution in [0.5, 0.6) is 5.75 Å². The number of hydrogen-bond donors (Lipinski definition) is 0. The highest BCUT2D eigenvalue weighted by Crippen LogP contribution is 2.21. The van der Waals surface area contributed by atoms with E-state index in [1.165, 1.54) is 21.3 Å². The smallest absolute Gasteiger partial charge is 0.260 e. The zero-order chi connectivity index (χ0) is 20.9. The molecule has 8 nitrogen and oxygen atoms in total. The van der Waals surface area contributed by atoms with E-state index in [9.17, 15) is 13.2 Å². The van der Waals surface area contributed by atoms with Crippen LogP contribution in [0.15, 0.2) is 53.4 Å². The molecule has 29 heavy (non-hydrogen) atoms. The zero-order valence-corrected chi connectivity index (χ0v) is 16.3. The summed E-state index contributed by atoms with van der Waals surface area (Å²) in [4.78, 5) is 13.9. The van der Waals surface area contributed by atoms with Crippen molar-refractivity contribution >= 4 is 15.9 Å². The van der Waals surface area contributed by atoms with Crippen LogP contribution in [-0.2, 0) is 14.8 Å². The summed E-state index contributed by atoms with van der Waals surface area (Å²) in [6, 6.07) is 16.6. The fraction of sp³-hybridized carbons (Fsp3) is 0.250. The summed E-state index contributed by atoms with van der Waals surface area (Å²) in [6.07, 6.45) is 0. The van der Waals surface area contributed by atoms with Gasteiger partial charge >= 0.3 is 0 Å². The molecule has 3 rings (SSSR count). The normalized spacial score (nSPS) is 14.6. The van der Waals surface area contributed by atoms with Gasteiger partial charge in [0.25, 0.3) is 5.91 Å². The van der Waals surface area contributed by atoms with Crippen LogP contribution in [0.2, 0.25) is 0 Å². The lowest BCUT2D eigenvalue weighted by molar-refractivity contribution is -0.134. The zero-order valence-electron chi connectivity index (χ0n) is 15.5. The van der Waals surface area contributed by atoms with Crippen molar-refractivity contribution in [3.8, 4) is 17.9 Å². The number of benzene rings is 2. The number of carbonyl (C=O) groups is 1. The standard InChI is InChI=1S/C20H18N4O4S/c21-13-16-5-1-3-7-18(16)28-15-20(25)23-9-11-24(12-10-23)29(26,27)19-8-4-2-6-17(19)14-22/h1-8H,9-12,15H2. The van der Waals surface area contributed by atoms with E-state index in [4.69, 9.17) is 15.3 Å². The van der Waals surface area contributed by atoms with Crippen molar-refractivity contribution in [1.29, 1.82) is 10.5 Å². The van der Waals surface area contributed by atoms with Crippen LogP contribution >= 0.6 is 0 Å². The molecule has 0 saturated carbocycles. The van der Waals surface area contributed by atoms with Gasteiger partial charge in [0, 0.05) is 26.2 Å². The van der Waals surface area contributed by atoms with Gasteiger partial charge < -0.3 is 9.64 Å². The first-order valence-corrected chi connectivity index (χ1v) is 10.3. The Morgan fingerprint density at radius 3 is 2.17 bits per heavy atom. The van der Waals surface area contributed by atoms with E-state index in [0.717, 1.165) is 0 Å². The summed E-state index contributed by atoms with van der Waals surface area (Å²) in [7, 11) is -3.81. The highest BCUT2D eigenvalue weighted by Gasteiger charge is 2.31. The second-order valence-electron chi connectivity index (χ2n) is 6.29. The van der Waals surface area contributed by atoms with Crippen LogP contribution in [0.1, 0.15) is 11.1 Å². The lowest BCUT2D eigenvalue weighted by Crippen LogP contribution is -2.51. The predicted octanol–water partition coefficient (Wildman–Crippen LogP) is 1.34. The maximum atomic E-state index is 12.8. The van der Waals surface area contributed by atoms with Gasteiger partial charge in [0.2, 0.25) is 10.0 Å². The number of carbonyl (C=O) groups excluding carboxylic acids is 1. The minimum Gasteiger partial charge on any atom is -0.482 e. The van der Waals surface area contributed by atoms with Crippen molar-refractivity contribution in [2.45, 2.75) is 4.90 Å². The van der Waals surface area contributed by atoms with Gasteiger partial charge in [0.1, 0.15) is 17.9 Å². The molecule has 0 N–H and O–H groups in total. The average molecular weight is 410 g/mol. The molecule has 1 amide bonds. The van der Waals surface area contributed by atoms with Crippen molar-refractivity contribution in [1.82, 2.24) is 9.21 Å². The van der Waals surface area contributed by atoms with Gasteiger partial charge in [-0.3, -0.25) is 4.79 Å². The molecule has 1 saturated heterocycles. The average Bonchev–Trinajstić information content (AvgIpc) is 2.77. The largest absolute Gasteiger partial charge is 0.482 e. The molecular weight excluding hydrogens is 392 g/mol. The Labute approximate surface area is 169 Å². The molecule has 0 bridgehead atoms. The number of sulfonamides is 1. The third kappa shape index (κ3) is 4.37. The van der Waals surface area contributed by atoms with Gasteiger partial charge in [-0.15, -0.1) is 0 Å². The first-order valence-electron chi connectivity index (χ1n) is 8.86. The number of para-hydroxylation sites is 1. The van der Waals surface area contributed by atoms with Crippen LogP contribution in [0, 0.1) is 22.7 Å². The lowest BCUT2D eigenvalue weighted by atomic mass is 10.2. The highest BCUT2D eigenvalue weighted by atomic mass is 32.2. The van der Waals surface area contributed by atoms with Crippen LogP contribution in [0.25, 0.3) is 0 Å². The summed E-state index contributed by atoms with van der Waals surface area (Å²) >= 11 is 0. The Balaban J connectivity index is 1.61. The van der Waals surface area contributed by atoms with E-state index >= 15 is 0 Å². The molecule has 0 atom stereocenters. The topological polar surface area (TPSA) is 114 Å². The maximum Gasteiger partial charge on any atom is 0.260 e. The monoisotopic (exact) mass is 410 g/mol. The van der Waals surface area contributed by atoms with Crippen LogP contribution in [0.3, 0.4) is 0 Å². The van der Waals surface area contributed by atoms with Crippen molar-refractivity contribution < 1.29 is 17.9 Å². The van der Waals surface area contributed by atoms with E-state index in [-0.39, 0.29) is 49.2 Å². The van der Waals surface area contributed by atoms with Crippen LogP contribution in [0.4, 0.5) is 0 Å². The van der Waals surface area contributed by atoms with Crippen molar-refractivity contribution in [3.63, 3.8) is 0 Å². The Morgan fingerprint density at radius 1 is 0.931 bits per heavy atom. The number of nitrogens with zero attached hydrogens (tertiary/aromatic N) is 4. The van der Waals surface area contributed by atoms with Gasteiger partial charge in [-0.2, -0.15) is 14.8 Å². The molecule has 2 aromatic carbocycles. The molecule has 9 heteroatoms. The van der Waals surface area contributed by atoms with Crippen molar-refractivity contribution in [2.24, 2.45) is 0 Å². The number of amides is 1.